The third-order valence-corrected chi connectivity index (χ3v) is 6.16. The molecule has 0 bridgehead atoms. The van der Waals surface area contributed by atoms with Crippen molar-refractivity contribution in [3.8, 4) is 0 Å². The molecule has 0 radical (unpaired) electrons. The fourth-order valence-corrected chi connectivity index (χ4v) is 4.20. The number of nitrogens with one attached hydrogen (secondary N) is 1. The average molecular weight is 445 g/mol. The maximum absolute atomic E-state index is 12.6. The third-order valence-electron chi connectivity index (χ3n) is 3.94. The van der Waals surface area contributed by atoms with Crippen molar-refractivity contribution in [2.24, 2.45) is 0 Å². The van der Waals surface area contributed by atoms with Crippen LogP contribution in [0.1, 0.15) is 18.1 Å². The Hall–Kier alpha value is -1.73. The summed E-state index contributed by atoms with van der Waals surface area (Å²) in [5, 5.41) is 5.43. The fraction of sp³-hybridized carbons (Fsp3) is 0.167. The zero-order valence-electron chi connectivity index (χ0n) is 14.3. The molecule has 0 aliphatic rings. The molecule has 1 N–H and O–H groups in total. The largest absolute Gasteiger partial charge is 0.265 e. The monoisotopic (exact) mass is 443 g/mol. The highest BCUT2D eigenvalue weighted by Crippen LogP contribution is 2.26. The van der Waals surface area contributed by atoms with Crippen LogP contribution in [0.25, 0.3) is 0 Å². The van der Waals surface area contributed by atoms with Gasteiger partial charge in [-0.1, -0.05) is 59.9 Å². The lowest BCUT2D eigenvalue weighted by atomic mass is 10.2. The molecule has 1 aromatic heterocycles. The number of sulfonamides is 1. The second kappa shape index (κ2) is 8.10. The van der Waals surface area contributed by atoms with Crippen LogP contribution in [0.2, 0.25) is 15.1 Å². The predicted molar refractivity (Wildman–Crippen MR) is 109 cm³/mol. The molecule has 9 heteroatoms. The molecule has 2 aromatic carbocycles. The van der Waals surface area contributed by atoms with E-state index in [1.54, 1.807) is 42.5 Å². The second-order valence-electron chi connectivity index (χ2n) is 5.86. The Labute approximate surface area is 172 Å². The third kappa shape index (κ3) is 4.76. The van der Waals surface area contributed by atoms with Crippen molar-refractivity contribution >= 4 is 50.6 Å². The lowest BCUT2D eigenvalue weighted by Crippen LogP contribution is -2.14. The molecule has 0 aliphatic heterocycles. The second-order valence-corrected chi connectivity index (χ2v) is 8.80. The highest BCUT2D eigenvalue weighted by atomic mass is 35.5. The summed E-state index contributed by atoms with van der Waals surface area (Å²) in [4.78, 5) is 0.145. The molecule has 3 rings (SSSR count). The van der Waals surface area contributed by atoms with Crippen molar-refractivity contribution in [2.75, 3.05) is 4.72 Å². The Morgan fingerprint density at radius 2 is 1.74 bits per heavy atom. The fourth-order valence-electron chi connectivity index (χ4n) is 2.46. The van der Waals surface area contributed by atoms with Gasteiger partial charge < -0.3 is 0 Å². The van der Waals surface area contributed by atoms with E-state index in [-0.39, 0.29) is 15.7 Å². The van der Waals surface area contributed by atoms with Crippen LogP contribution < -0.4 is 4.72 Å². The molecule has 1 heterocycles. The number of anilines is 1. The van der Waals surface area contributed by atoms with E-state index in [0.717, 1.165) is 17.5 Å². The van der Waals surface area contributed by atoms with E-state index >= 15 is 0 Å². The van der Waals surface area contributed by atoms with Crippen LogP contribution in [-0.4, -0.2) is 18.2 Å². The summed E-state index contributed by atoms with van der Waals surface area (Å²) in [6.45, 7) is 2.32. The van der Waals surface area contributed by atoms with Crippen LogP contribution in [0.4, 0.5) is 5.82 Å². The Bertz CT molecular complexity index is 1060. The molecule has 5 nitrogen and oxygen atoms in total. The molecule has 27 heavy (non-hydrogen) atoms. The van der Waals surface area contributed by atoms with E-state index in [9.17, 15) is 8.42 Å². The first-order valence-electron chi connectivity index (χ1n) is 8.07. The van der Waals surface area contributed by atoms with Crippen molar-refractivity contribution in [3.63, 3.8) is 0 Å². The van der Waals surface area contributed by atoms with E-state index < -0.39 is 10.0 Å². The smallest absolute Gasteiger partial charge is 0.263 e. The standard InChI is InChI=1S/C18H16Cl3N3O2S/c1-2-12-3-7-15(8-4-12)27(25,26)23-18-17(21)11-24(22-18)10-13-5-6-14(19)9-16(13)20/h3-9,11H,2,10H2,1H3,(H,22,23). The lowest BCUT2D eigenvalue weighted by molar-refractivity contribution is 0.600. The van der Waals surface area contributed by atoms with Gasteiger partial charge in [0.15, 0.2) is 5.82 Å². The molecule has 0 saturated heterocycles. The normalized spacial score (nSPS) is 11.6. The van der Waals surface area contributed by atoms with Crippen molar-refractivity contribution in [2.45, 2.75) is 24.8 Å². The number of benzene rings is 2. The van der Waals surface area contributed by atoms with Crippen LogP contribution in [0.15, 0.2) is 53.6 Å². The number of aromatic nitrogens is 2. The van der Waals surface area contributed by atoms with Crippen LogP contribution in [0.5, 0.6) is 0 Å². The maximum atomic E-state index is 12.6. The number of halogens is 3. The van der Waals surface area contributed by atoms with E-state index in [1.165, 1.54) is 10.9 Å². The molecule has 0 fully saturated rings. The lowest BCUT2D eigenvalue weighted by Gasteiger charge is -2.07. The summed E-state index contributed by atoms with van der Waals surface area (Å²) in [5.74, 6) is 0.0568. The van der Waals surface area contributed by atoms with Gasteiger partial charge in [-0.3, -0.25) is 9.40 Å². The number of hydrogen-bond donors (Lipinski definition) is 1. The summed E-state index contributed by atoms with van der Waals surface area (Å²) in [7, 11) is -3.79. The van der Waals surface area contributed by atoms with Gasteiger partial charge in [-0.25, -0.2) is 8.42 Å². The van der Waals surface area contributed by atoms with Crippen LogP contribution in [-0.2, 0) is 23.0 Å². The minimum atomic E-state index is -3.79. The van der Waals surface area contributed by atoms with Crippen molar-refractivity contribution in [1.82, 2.24) is 9.78 Å². The number of nitrogens with zero attached hydrogens (tertiary/aromatic N) is 2. The predicted octanol–water partition coefficient (Wildman–Crippen LogP) is 5.25. The molecule has 142 valence electrons. The van der Waals surface area contributed by atoms with Crippen LogP contribution in [0.3, 0.4) is 0 Å². The van der Waals surface area contributed by atoms with Gasteiger partial charge >= 0.3 is 0 Å². The Balaban J connectivity index is 1.81. The molecular weight excluding hydrogens is 429 g/mol. The van der Waals surface area contributed by atoms with Gasteiger partial charge in [-0.15, -0.1) is 0 Å². The Morgan fingerprint density at radius 1 is 1.04 bits per heavy atom. The minimum Gasteiger partial charge on any atom is -0.265 e. The van der Waals surface area contributed by atoms with Gasteiger partial charge in [-0.2, -0.15) is 5.10 Å². The summed E-state index contributed by atoms with van der Waals surface area (Å²) in [6, 6.07) is 11.8. The molecule has 0 amide bonds. The molecule has 0 atom stereocenters. The zero-order valence-corrected chi connectivity index (χ0v) is 17.4. The van der Waals surface area contributed by atoms with Gasteiger partial charge in [0.2, 0.25) is 0 Å². The average Bonchev–Trinajstić information content (AvgIpc) is 2.96. The highest BCUT2D eigenvalue weighted by Gasteiger charge is 2.18. The van der Waals surface area contributed by atoms with Crippen LogP contribution >= 0.6 is 34.8 Å². The van der Waals surface area contributed by atoms with E-state index in [0.29, 0.717) is 16.6 Å². The summed E-state index contributed by atoms with van der Waals surface area (Å²) in [6.07, 6.45) is 2.36. The SMILES string of the molecule is CCc1ccc(S(=O)(=O)Nc2nn(Cc3ccc(Cl)cc3Cl)cc2Cl)cc1. The summed E-state index contributed by atoms with van der Waals surface area (Å²) < 4.78 is 29.0. The van der Waals surface area contributed by atoms with Crippen molar-refractivity contribution in [1.29, 1.82) is 0 Å². The summed E-state index contributed by atoms with van der Waals surface area (Å²) >= 11 is 18.2. The van der Waals surface area contributed by atoms with Gasteiger partial charge in [0.05, 0.1) is 11.4 Å². The maximum Gasteiger partial charge on any atom is 0.263 e. The number of aryl methyl sites for hydroxylation is 1. The van der Waals surface area contributed by atoms with E-state index in [1.807, 2.05) is 6.92 Å². The van der Waals surface area contributed by atoms with Gasteiger partial charge in [0.25, 0.3) is 10.0 Å². The molecular formula is C18H16Cl3N3O2S. The van der Waals surface area contributed by atoms with Gasteiger partial charge in [0, 0.05) is 16.2 Å². The first-order chi connectivity index (χ1) is 12.8. The molecule has 0 saturated carbocycles. The first kappa shape index (κ1) is 20.0. The Morgan fingerprint density at radius 3 is 2.37 bits per heavy atom. The summed E-state index contributed by atoms with van der Waals surface area (Å²) in [5.41, 5.74) is 1.83. The quantitative estimate of drug-likeness (QED) is 0.564. The minimum absolute atomic E-state index is 0.0568. The molecule has 3 aromatic rings. The molecule has 0 unspecified atom stereocenters. The van der Waals surface area contributed by atoms with Gasteiger partial charge in [-0.05, 0) is 41.8 Å². The topological polar surface area (TPSA) is 64.0 Å². The Kier molecular flexibility index (Phi) is 6.01. The molecule has 0 aliphatic carbocycles. The number of hydrogen-bond acceptors (Lipinski definition) is 3. The van der Waals surface area contributed by atoms with Crippen LogP contribution in [0, 0.1) is 0 Å². The van der Waals surface area contributed by atoms with E-state index in [4.69, 9.17) is 34.8 Å². The highest BCUT2D eigenvalue weighted by molar-refractivity contribution is 7.92. The van der Waals surface area contributed by atoms with E-state index in [2.05, 4.69) is 9.82 Å². The van der Waals surface area contributed by atoms with Crippen molar-refractivity contribution in [3.05, 3.63) is 74.9 Å². The number of rotatable bonds is 6. The zero-order chi connectivity index (χ0) is 19.6. The van der Waals surface area contributed by atoms with Crippen molar-refractivity contribution < 1.29 is 8.42 Å². The first-order valence-corrected chi connectivity index (χ1v) is 10.7. The molecule has 0 spiro atoms. The van der Waals surface area contributed by atoms with Gasteiger partial charge in [0.1, 0.15) is 5.02 Å².